The van der Waals surface area contributed by atoms with E-state index in [1.807, 2.05) is 31.2 Å². The average molecular weight is 367 g/mol. The van der Waals surface area contributed by atoms with Crippen molar-refractivity contribution in [2.24, 2.45) is 10.9 Å². The second-order valence-electron chi connectivity index (χ2n) is 6.81. The summed E-state index contributed by atoms with van der Waals surface area (Å²) in [4.78, 5) is 4.18. The van der Waals surface area contributed by atoms with Crippen molar-refractivity contribution < 1.29 is 17.6 Å². The summed E-state index contributed by atoms with van der Waals surface area (Å²) in [6, 6.07) is 7.86. The number of rotatable bonds is 3. The van der Waals surface area contributed by atoms with E-state index in [4.69, 9.17) is 4.42 Å². The van der Waals surface area contributed by atoms with Crippen LogP contribution in [0.25, 0.3) is 11.0 Å². The largest absolute Gasteiger partial charge is 0.459 e. The Morgan fingerprint density at radius 1 is 1.19 bits per heavy atom. The fourth-order valence-electron chi connectivity index (χ4n) is 3.51. The Kier molecular flexibility index (Phi) is 5.44. The number of alkyl halides is 3. The van der Waals surface area contributed by atoms with Crippen molar-refractivity contribution in [2.75, 3.05) is 7.05 Å². The molecule has 26 heavy (non-hydrogen) atoms. The van der Waals surface area contributed by atoms with Crippen LogP contribution in [0.2, 0.25) is 0 Å². The number of hydrogen-bond donors (Lipinski definition) is 2. The molecular weight excluding hydrogens is 343 g/mol. The Balaban J connectivity index is 1.55. The van der Waals surface area contributed by atoms with Crippen molar-refractivity contribution in [3.8, 4) is 0 Å². The molecule has 1 aromatic heterocycles. The summed E-state index contributed by atoms with van der Waals surface area (Å²) in [6.07, 6.45) is -2.76. The van der Waals surface area contributed by atoms with Crippen LogP contribution in [0.15, 0.2) is 33.7 Å². The number of hydrogen-bond acceptors (Lipinski definition) is 2. The molecule has 7 heteroatoms. The quantitative estimate of drug-likeness (QED) is 0.619. The van der Waals surface area contributed by atoms with Crippen molar-refractivity contribution >= 4 is 16.9 Å². The van der Waals surface area contributed by atoms with E-state index in [0.29, 0.717) is 25.3 Å². The Bertz CT molecular complexity index is 774. The van der Waals surface area contributed by atoms with Gasteiger partial charge in [-0.2, -0.15) is 13.2 Å². The minimum Gasteiger partial charge on any atom is -0.459 e. The summed E-state index contributed by atoms with van der Waals surface area (Å²) < 4.78 is 44.2. The number of benzene rings is 1. The fourth-order valence-corrected chi connectivity index (χ4v) is 3.51. The molecule has 0 atom stereocenters. The first-order valence-electron chi connectivity index (χ1n) is 8.89. The molecule has 1 heterocycles. The highest BCUT2D eigenvalue weighted by Crippen LogP contribution is 2.37. The van der Waals surface area contributed by atoms with Crippen molar-refractivity contribution in [3.05, 3.63) is 35.6 Å². The van der Waals surface area contributed by atoms with Gasteiger partial charge in [-0.05, 0) is 38.7 Å². The third-order valence-corrected chi connectivity index (χ3v) is 5.11. The molecule has 0 radical (unpaired) electrons. The maximum atomic E-state index is 12.8. The number of furan rings is 1. The predicted molar refractivity (Wildman–Crippen MR) is 96.1 cm³/mol. The minimum atomic E-state index is -4.08. The maximum absolute atomic E-state index is 12.8. The zero-order valence-corrected chi connectivity index (χ0v) is 15.0. The fraction of sp³-hybridized carbons (Fsp3) is 0.526. The van der Waals surface area contributed by atoms with E-state index in [1.165, 1.54) is 0 Å². The SMILES string of the molecule is CN=C(NCc1oc2ccccc2c1C)NC1CCC(C(F)(F)F)CC1. The molecule has 1 aromatic carbocycles. The normalized spacial score (nSPS) is 21.8. The lowest BCUT2D eigenvalue weighted by Gasteiger charge is -2.31. The van der Waals surface area contributed by atoms with Gasteiger partial charge in [0.2, 0.25) is 0 Å². The van der Waals surface area contributed by atoms with Crippen LogP contribution in [-0.4, -0.2) is 25.2 Å². The lowest BCUT2D eigenvalue weighted by Crippen LogP contribution is -2.45. The monoisotopic (exact) mass is 367 g/mol. The first-order chi connectivity index (χ1) is 12.4. The zero-order valence-electron chi connectivity index (χ0n) is 15.0. The first kappa shape index (κ1) is 18.6. The van der Waals surface area contributed by atoms with E-state index >= 15 is 0 Å². The van der Waals surface area contributed by atoms with Gasteiger partial charge in [0.25, 0.3) is 0 Å². The third kappa shape index (κ3) is 4.14. The molecule has 142 valence electrons. The van der Waals surface area contributed by atoms with Crippen molar-refractivity contribution in [3.63, 3.8) is 0 Å². The lowest BCUT2D eigenvalue weighted by atomic mass is 9.85. The van der Waals surface area contributed by atoms with Gasteiger partial charge in [-0.3, -0.25) is 4.99 Å². The highest BCUT2D eigenvalue weighted by molar-refractivity contribution is 5.83. The number of para-hydroxylation sites is 1. The van der Waals surface area contributed by atoms with Gasteiger partial charge >= 0.3 is 6.18 Å². The number of nitrogens with zero attached hydrogens (tertiary/aromatic N) is 1. The van der Waals surface area contributed by atoms with Gasteiger partial charge < -0.3 is 15.1 Å². The maximum Gasteiger partial charge on any atom is 0.391 e. The van der Waals surface area contributed by atoms with E-state index in [1.54, 1.807) is 7.05 Å². The summed E-state index contributed by atoms with van der Waals surface area (Å²) >= 11 is 0. The van der Waals surface area contributed by atoms with E-state index in [2.05, 4.69) is 15.6 Å². The number of aliphatic imine (C=N–C) groups is 1. The van der Waals surface area contributed by atoms with E-state index in [-0.39, 0.29) is 18.9 Å². The molecule has 0 saturated heterocycles. The van der Waals surface area contributed by atoms with Gasteiger partial charge in [0.15, 0.2) is 5.96 Å². The van der Waals surface area contributed by atoms with E-state index in [0.717, 1.165) is 22.3 Å². The van der Waals surface area contributed by atoms with Crippen LogP contribution >= 0.6 is 0 Å². The molecule has 1 saturated carbocycles. The first-order valence-corrected chi connectivity index (χ1v) is 8.89. The smallest absolute Gasteiger partial charge is 0.391 e. The van der Waals surface area contributed by atoms with Crippen LogP contribution in [0.5, 0.6) is 0 Å². The molecule has 4 nitrogen and oxygen atoms in total. The molecule has 0 amide bonds. The molecule has 1 aliphatic rings. The standard InChI is InChI=1S/C19H24F3N3O/c1-12-15-5-3-4-6-16(15)26-17(12)11-24-18(23-2)25-14-9-7-13(8-10-14)19(20,21)22/h3-6,13-14H,7-11H2,1-2H3,(H2,23,24,25). The topological polar surface area (TPSA) is 49.6 Å². The molecule has 0 unspecified atom stereocenters. The van der Waals surface area contributed by atoms with Crippen molar-refractivity contribution in [1.82, 2.24) is 10.6 Å². The summed E-state index contributed by atoms with van der Waals surface area (Å²) in [5.41, 5.74) is 1.92. The third-order valence-electron chi connectivity index (χ3n) is 5.11. The van der Waals surface area contributed by atoms with E-state index in [9.17, 15) is 13.2 Å². The van der Waals surface area contributed by atoms with Crippen LogP contribution in [0.1, 0.15) is 37.0 Å². The lowest BCUT2D eigenvalue weighted by molar-refractivity contribution is -0.182. The molecule has 0 aliphatic heterocycles. The van der Waals surface area contributed by atoms with Gasteiger partial charge in [-0.25, -0.2) is 0 Å². The Morgan fingerprint density at radius 2 is 1.88 bits per heavy atom. The molecule has 0 spiro atoms. The molecule has 2 aromatic rings. The van der Waals surface area contributed by atoms with Gasteiger partial charge in [-0.15, -0.1) is 0 Å². The van der Waals surface area contributed by atoms with Crippen molar-refractivity contribution in [1.29, 1.82) is 0 Å². The Hall–Kier alpha value is -2.18. The zero-order chi connectivity index (χ0) is 18.7. The molecule has 2 N–H and O–H groups in total. The number of fused-ring (bicyclic) bond motifs is 1. The summed E-state index contributed by atoms with van der Waals surface area (Å²) in [5, 5.41) is 7.51. The number of guanidine groups is 1. The molecule has 0 bridgehead atoms. The van der Waals surface area contributed by atoms with Crippen LogP contribution < -0.4 is 10.6 Å². The minimum absolute atomic E-state index is 0.0107. The number of aryl methyl sites for hydroxylation is 1. The van der Waals surface area contributed by atoms with Crippen LogP contribution in [0.3, 0.4) is 0 Å². The highest BCUT2D eigenvalue weighted by Gasteiger charge is 2.41. The molecule has 3 rings (SSSR count). The average Bonchev–Trinajstić information content (AvgIpc) is 2.94. The Morgan fingerprint density at radius 3 is 2.50 bits per heavy atom. The van der Waals surface area contributed by atoms with Gasteiger partial charge in [0, 0.05) is 24.0 Å². The van der Waals surface area contributed by atoms with Crippen LogP contribution in [0, 0.1) is 12.8 Å². The van der Waals surface area contributed by atoms with Crippen LogP contribution in [0.4, 0.5) is 13.2 Å². The second kappa shape index (κ2) is 7.60. The van der Waals surface area contributed by atoms with Gasteiger partial charge in [-0.1, -0.05) is 18.2 Å². The summed E-state index contributed by atoms with van der Waals surface area (Å²) in [5.74, 6) is 0.240. The molecular formula is C19H24F3N3O. The molecule has 1 aliphatic carbocycles. The highest BCUT2D eigenvalue weighted by atomic mass is 19.4. The Labute approximate surface area is 150 Å². The van der Waals surface area contributed by atoms with Crippen molar-refractivity contribution in [2.45, 2.75) is 51.4 Å². The van der Waals surface area contributed by atoms with Gasteiger partial charge in [0.1, 0.15) is 11.3 Å². The summed E-state index contributed by atoms with van der Waals surface area (Å²) in [7, 11) is 1.65. The predicted octanol–water partition coefficient (Wildman–Crippen LogP) is 4.53. The van der Waals surface area contributed by atoms with Crippen LogP contribution in [-0.2, 0) is 6.54 Å². The number of nitrogens with one attached hydrogen (secondary N) is 2. The number of halogens is 3. The molecule has 1 fully saturated rings. The summed E-state index contributed by atoms with van der Waals surface area (Å²) in [6.45, 7) is 2.48. The second-order valence-corrected chi connectivity index (χ2v) is 6.81. The van der Waals surface area contributed by atoms with E-state index < -0.39 is 12.1 Å². The van der Waals surface area contributed by atoms with Gasteiger partial charge in [0.05, 0.1) is 12.5 Å².